The van der Waals surface area contributed by atoms with E-state index in [1.807, 2.05) is 0 Å². The molecule has 0 aliphatic rings. The number of rotatable bonds is 6. The van der Waals surface area contributed by atoms with E-state index in [1.54, 1.807) is 0 Å². The zero-order chi connectivity index (χ0) is 14.6. The number of benzene rings is 1. The summed E-state index contributed by atoms with van der Waals surface area (Å²) in [4.78, 5) is 21.4. The molecule has 0 amide bonds. The fraction of sp³-hybridized carbons (Fsp3) is 0.333. The maximum Gasteiger partial charge on any atom is 0.306 e. The molecule has 0 radical (unpaired) electrons. The first kappa shape index (κ1) is 14.9. The highest BCUT2D eigenvalue weighted by atomic mass is 16.5. The van der Waals surface area contributed by atoms with Gasteiger partial charge in [0.1, 0.15) is 6.10 Å². The Labute approximate surface area is 108 Å². The van der Waals surface area contributed by atoms with Crippen molar-refractivity contribution in [2.45, 2.75) is 18.6 Å². The fourth-order valence-corrected chi connectivity index (χ4v) is 1.62. The molecule has 0 aliphatic carbocycles. The SMILES string of the molecule is COc1cc(C=O)c(C(O)C(O)CC(=O)O)cc1O. The van der Waals surface area contributed by atoms with Crippen LogP contribution in [-0.2, 0) is 4.79 Å². The molecule has 1 aromatic rings. The first-order valence-corrected chi connectivity index (χ1v) is 5.34. The number of aliphatic hydroxyl groups is 2. The smallest absolute Gasteiger partial charge is 0.306 e. The lowest BCUT2D eigenvalue weighted by atomic mass is 9.97. The number of aliphatic hydroxyl groups excluding tert-OH is 2. The molecule has 0 aromatic heterocycles. The Bertz CT molecular complexity index is 483. The van der Waals surface area contributed by atoms with Gasteiger partial charge in [-0.25, -0.2) is 0 Å². The lowest BCUT2D eigenvalue weighted by molar-refractivity contribution is -0.141. The first-order chi connectivity index (χ1) is 8.90. The second kappa shape index (κ2) is 6.17. The molecule has 0 aliphatic heterocycles. The zero-order valence-electron chi connectivity index (χ0n) is 10.1. The monoisotopic (exact) mass is 270 g/mol. The van der Waals surface area contributed by atoms with Gasteiger partial charge in [-0.05, 0) is 17.7 Å². The Morgan fingerprint density at radius 2 is 2.05 bits per heavy atom. The van der Waals surface area contributed by atoms with Crippen LogP contribution in [-0.4, -0.2) is 45.9 Å². The molecule has 7 nitrogen and oxygen atoms in total. The summed E-state index contributed by atoms with van der Waals surface area (Å²) in [7, 11) is 1.29. The number of hydrogen-bond acceptors (Lipinski definition) is 6. The molecular weight excluding hydrogens is 256 g/mol. The number of aldehydes is 1. The molecule has 0 heterocycles. The Hall–Kier alpha value is -2.12. The number of methoxy groups -OCH3 is 1. The Kier molecular flexibility index (Phi) is 4.85. The number of carboxylic acid groups (broad SMARTS) is 1. The van der Waals surface area contributed by atoms with Crippen molar-refractivity contribution in [3.05, 3.63) is 23.3 Å². The summed E-state index contributed by atoms with van der Waals surface area (Å²) in [5, 5.41) is 37.4. The highest BCUT2D eigenvalue weighted by molar-refractivity contribution is 5.79. The van der Waals surface area contributed by atoms with E-state index in [0.29, 0.717) is 6.29 Å². The molecule has 1 rings (SSSR count). The number of phenols is 1. The van der Waals surface area contributed by atoms with Crippen LogP contribution in [0.3, 0.4) is 0 Å². The van der Waals surface area contributed by atoms with Gasteiger partial charge in [-0.1, -0.05) is 0 Å². The van der Waals surface area contributed by atoms with Crippen LogP contribution >= 0.6 is 0 Å². The van der Waals surface area contributed by atoms with Crippen LogP contribution in [0, 0.1) is 0 Å². The van der Waals surface area contributed by atoms with Gasteiger partial charge in [0.25, 0.3) is 0 Å². The number of carbonyl (C=O) groups excluding carboxylic acids is 1. The van der Waals surface area contributed by atoms with Crippen molar-refractivity contribution in [3.63, 3.8) is 0 Å². The van der Waals surface area contributed by atoms with Crippen molar-refractivity contribution in [2.24, 2.45) is 0 Å². The molecule has 104 valence electrons. The molecule has 0 saturated carbocycles. The summed E-state index contributed by atoms with van der Waals surface area (Å²) >= 11 is 0. The van der Waals surface area contributed by atoms with Crippen LogP contribution in [0.1, 0.15) is 28.4 Å². The van der Waals surface area contributed by atoms with Crippen molar-refractivity contribution >= 4 is 12.3 Å². The number of ether oxygens (including phenoxy) is 1. The third-order valence-electron chi connectivity index (χ3n) is 2.58. The van der Waals surface area contributed by atoms with Crippen LogP contribution in [0.25, 0.3) is 0 Å². The Morgan fingerprint density at radius 3 is 2.53 bits per heavy atom. The van der Waals surface area contributed by atoms with E-state index in [0.717, 1.165) is 6.07 Å². The molecule has 7 heteroatoms. The minimum atomic E-state index is -1.60. The normalized spacial score (nSPS) is 13.6. The molecule has 4 N–H and O–H groups in total. The van der Waals surface area contributed by atoms with Gasteiger partial charge < -0.3 is 25.2 Å². The van der Waals surface area contributed by atoms with Crippen molar-refractivity contribution in [1.82, 2.24) is 0 Å². The number of aliphatic carboxylic acids is 1. The Balaban J connectivity index is 3.14. The molecule has 19 heavy (non-hydrogen) atoms. The minimum Gasteiger partial charge on any atom is -0.504 e. The zero-order valence-corrected chi connectivity index (χ0v) is 10.1. The highest BCUT2D eigenvalue weighted by Crippen LogP contribution is 2.33. The van der Waals surface area contributed by atoms with Gasteiger partial charge in [0.2, 0.25) is 0 Å². The van der Waals surface area contributed by atoms with Crippen LogP contribution < -0.4 is 4.74 Å². The van der Waals surface area contributed by atoms with Gasteiger partial charge in [-0.3, -0.25) is 9.59 Å². The van der Waals surface area contributed by atoms with E-state index in [4.69, 9.17) is 9.84 Å². The highest BCUT2D eigenvalue weighted by Gasteiger charge is 2.25. The third-order valence-corrected chi connectivity index (χ3v) is 2.58. The van der Waals surface area contributed by atoms with Crippen LogP contribution in [0.2, 0.25) is 0 Å². The lowest BCUT2D eigenvalue weighted by Gasteiger charge is -2.19. The number of phenolic OH excluding ortho intramolecular Hbond substituents is 1. The third kappa shape index (κ3) is 3.43. The maximum absolute atomic E-state index is 10.9. The van der Waals surface area contributed by atoms with Gasteiger partial charge in [0.15, 0.2) is 17.8 Å². The molecular formula is C12H14O7. The Morgan fingerprint density at radius 1 is 1.42 bits per heavy atom. The van der Waals surface area contributed by atoms with Crippen molar-refractivity contribution in [3.8, 4) is 11.5 Å². The molecule has 0 spiro atoms. The largest absolute Gasteiger partial charge is 0.504 e. The number of carbonyl (C=O) groups is 2. The van der Waals surface area contributed by atoms with Crippen LogP contribution in [0.4, 0.5) is 0 Å². The molecule has 0 saturated heterocycles. The van der Waals surface area contributed by atoms with Gasteiger partial charge in [0, 0.05) is 5.56 Å². The summed E-state index contributed by atoms with van der Waals surface area (Å²) in [5.41, 5.74) is -0.0753. The van der Waals surface area contributed by atoms with E-state index in [2.05, 4.69) is 0 Å². The molecule has 2 unspecified atom stereocenters. The van der Waals surface area contributed by atoms with Crippen molar-refractivity contribution < 1.29 is 34.8 Å². The summed E-state index contributed by atoms with van der Waals surface area (Å²) in [6, 6.07) is 2.24. The average molecular weight is 270 g/mol. The second-order valence-corrected chi connectivity index (χ2v) is 3.88. The topological polar surface area (TPSA) is 124 Å². The summed E-state index contributed by atoms with van der Waals surface area (Å²) in [6.07, 6.45) is -3.47. The molecule has 0 bridgehead atoms. The van der Waals surface area contributed by atoms with Gasteiger partial charge >= 0.3 is 5.97 Å². The summed E-state index contributed by atoms with van der Waals surface area (Å²) in [6.45, 7) is 0. The maximum atomic E-state index is 10.9. The quantitative estimate of drug-likeness (QED) is 0.539. The predicted molar refractivity (Wildman–Crippen MR) is 63.3 cm³/mol. The molecule has 2 atom stereocenters. The first-order valence-electron chi connectivity index (χ1n) is 5.34. The summed E-state index contributed by atoms with van der Waals surface area (Å²) < 4.78 is 4.80. The van der Waals surface area contributed by atoms with Crippen molar-refractivity contribution in [2.75, 3.05) is 7.11 Å². The van der Waals surface area contributed by atoms with E-state index in [-0.39, 0.29) is 22.6 Å². The van der Waals surface area contributed by atoms with Gasteiger partial charge in [-0.2, -0.15) is 0 Å². The van der Waals surface area contributed by atoms with E-state index in [1.165, 1.54) is 13.2 Å². The summed E-state index contributed by atoms with van der Waals surface area (Å²) in [5.74, 6) is -1.59. The van der Waals surface area contributed by atoms with Crippen LogP contribution in [0.15, 0.2) is 12.1 Å². The van der Waals surface area contributed by atoms with E-state index < -0.39 is 24.6 Å². The minimum absolute atomic E-state index is 0.00779. The molecule has 0 fully saturated rings. The van der Waals surface area contributed by atoms with Gasteiger partial charge in [-0.15, -0.1) is 0 Å². The number of hydrogen-bond donors (Lipinski definition) is 4. The van der Waals surface area contributed by atoms with E-state index in [9.17, 15) is 24.9 Å². The van der Waals surface area contributed by atoms with Gasteiger partial charge in [0.05, 0.1) is 19.6 Å². The predicted octanol–water partition coefficient (Wildman–Crippen LogP) is 0.0823. The number of aromatic hydroxyl groups is 1. The fourth-order valence-electron chi connectivity index (χ4n) is 1.62. The number of carboxylic acids is 1. The average Bonchev–Trinajstić information content (AvgIpc) is 2.36. The van der Waals surface area contributed by atoms with Crippen LogP contribution in [0.5, 0.6) is 11.5 Å². The molecule has 1 aromatic carbocycles. The second-order valence-electron chi connectivity index (χ2n) is 3.88. The standard InChI is InChI=1S/C12H14O7/c1-19-10-2-6(5-13)7(3-8(10)14)12(18)9(15)4-11(16)17/h2-3,5,9,12,14-15,18H,4H2,1H3,(H,16,17). The van der Waals surface area contributed by atoms with E-state index >= 15 is 0 Å². The lowest BCUT2D eigenvalue weighted by Crippen LogP contribution is -2.22. The van der Waals surface area contributed by atoms with Crippen molar-refractivity contribution in [1.29, 1.82) is 0 Å².